The number of hydrogen-bond donors (Lipinski definition) is 1. The van der Waals surface area contributed by atoms with Gasteiger partial charge < -0.3 is 5.32 Å². The second-order valence-corrected chi connectivity index (χ2v) is 6.80. The molecule has 1 fully saturated rings. The molecule has 1 aliphatic heterocycles. The van der Waals surface area contributed by atoms with Gasteiger partial charge in [-0.05, 0) is 86.8 Å². The molecule has 0 saturated carbocycles. The SMILES string of the molecule is Cc1c(C)c(C)c2c(c1C)CC1(CCCCNC1=O)C2. The van der Waals surface area contributed by atoms with Gasteiger partial charge in [0.05, 0.1) is 5.41 Å². The summed E-state index contributed by atoms with van der Waals surface area (Å²) in [6.07, 6.45) is 5.23. The number of carbonyl (C=O) groups is 1. The van der Waals surface area contributed by atoms with Crippen LogP contribution < -0.4 is 5.32 Å². The average molecular weight is 271 g/mol. The summed E-state index contributed by atoms with van der Waals surface area (Å²) in [4.78, 5) is 12.6. The van der Waals surface area contributed by atoms with Crippen molar-refractivity contribution in [2.24, 2.45) is 5.41 Å². The number of benzene rings is 1. The van der Waals surface area contributed by atoms with Gasteiger partial charge in [-0.1, -0.05) is 6.42 Å². The molecule has 2 nitrogen and oxygen atoms in total. The van der Waals surface area contributed by atoms with Crippen molar-refractivity contribution in [3.8, 4) is 0 Å². The fourth-order valence-corrected chi connectivity index (χ4v) is 4.11. The molecule has 1 aliphatic carbocycles. The lowest BCUT2D eigenvalue weighted by Gasteiger charge is -2.25. The van der Waals surface area contributed by atoms with Crippen LogP contribution in [0.4, 0.5) is 0 Å². The standard InChI is InChI=1S/C18H25NO/c1-11-12(2)14(4)16-10-18(9-15(16)13(11)3)7-5-6-8-19-17(18)20/h5-10H2,1-4H3,(H,19,20). The first-order valence-electron chi connectivity index (χ1n) is 7.83. The van der Waals surface area contributed by atoms with E-state index in [1.807, 2.05) is 0 Å². The van der Waals surface area contributed by atoms with Gasteiger partial charge in [0.25, 0.3) is 0 Å². The van der Waals surface area contributed by atoms with E-state index in [-0.39, 0.29) is 5.41 Å². The zero-order valence-corrected chi connectivity index (χ0v) is 13.2. The molecule has 1 N–H and O–H groups in total. The quantitative estimate of drug-likeness (QED) is 0.770. The maximum absolute atomic E-state index is 12.6. The minimum absolute atomic E-state index is 0.158. The first kappa shape index (κ1) is 13.7. The van der Waals surface area contributed by atoms with Crippen LogP contribution >= 0.6 is 0 Å². The summed E-state index contributed by atoms with van der Waals surface area (Å²) >= 11 is 0. The molecule has 1 aromatic rings. The van der Waals surface area contributed by atoms with Crippen LogP contribution in [0.15, 0.2) is 0 Å². The van der Waals surface area contributed by atoms with Gasteiger partial charge in [0.2, 0.25) is 5.91 Å². The van der Waals surface area contributed by atoms with E-state index < -0.39 is 0 Å². The molecule has 1 amide bonds. The van der Waals surface area contributed by atoms with Crippen LogP contribution in [0.5, 0.6) is 0 Å². The Morgan fingerprint density at radius 3 is 1.95 bits per heavy atom. The van der Waals surface area contributed by atoms with Crippen LogP contribution in [0.1, 0.15) is 52.6 Å². The Bertz CT molecular complexity index is 549. The van der Waals surface area contributed by atoms with Gasteiger partial charge in [0.1, 0.15) is 0 Å². The summed E-state index contributed by atoms with van der Waals surface area (Å²) in [5, 5.41) is 3.14. The molecular formula is C18H25NO. The van der Waals surface area contributed by atoms with E-state index >= 15 is 0 Å². The molecular weight excluding hydrogens is 246 g/mol. The number of carbonyl (C=O) groups excluding carboxylic acids is 1. The number of fused-ring (bicyclic) bond motifs is 1. The lowest BCUT2D eigenvalue weighted by molar-refractivity contribution is -0.130. The molecule has 3 rings (SSSR count). The van der Waals surface area contributed by atoms with Crippen molar-refractivity contribution >= 4 is 5.91 Å². The van der Waals surface area contributed by atoms with E-state index in [0.29, 0.717) is 5.91 Å². The molecule has 1 saturated heterocycles. The predicted octanol–water partition coefficient (Wildman–Crippen LogP) is 3.31. The summed E-state index contributed by atoms with van der Waals surface area (Å²) in [6, 6.07) is 0. The van der Waals surface area contributed by atoms with Gasteiger partial charge in [-0.3, -0.25) is 4.79 Å². The number of nitrogens with one attached hydrogen (secondary N) is 1. The summed E-state index contributed by atoms with van der Waals surface area (Å²) in [7, 11) is 0. The molecule has 1 aromatic carbocycles. The third-order valence-electron chi connectivity index (χ3n) is 5.84. The first-order valence-corrected chi connectivity index (χ1v) is 7.83. The Morgan fingerprint density at radius 1 is 0.850 bits per heavy atom. The molecule has 0 atom stereocenters. The molecule has 1 spiro atoms. The third-order valence-corrected chi connectivity index (χ3v) is 5.84. The van der Waals surface area contributed by atoms with E-state index in [9.17, 15) is 4.79 Å². The Hall–Kier alpha value is -1.31. The van der Waals surface area contributed by atoms with Crippen LogP contribution in [0.25, 0.3) is 0 Å². The highest BCUT2D eigenvalue weighted by Gasteiger charge is 2.45. The normalized spacial score (nSPS) is 20.7. The van der Waals surface area contributed by atoms with Gasteiger partial charge >= 0.3 is 0 Å². The number of amides is 1. The van der Waals surface area contributed by atoms with Crippen LogP contribution in [0, 0.1) is 33.1 Å². The summed E-state index contributed by atoms with van der Waals surface area (Å²) in [5.41, 5.74) is 8.41. The van der Waals surface area contributed by atoms with Gasteiger partial charge in [0, 0.05) is 6.54 Å². The first-order chi connectivity index (χ1) is 9.46. The van der Waals surface area contributed by atoms with Crippen molar-refractivity contribution < 1.29 is 4.79 Å². The lowest BCUT2D eigenvalue weighted by atomic mass is 9.79. The summed E-state index contributed by atoms with van der Waals surface area (Å²) in [5.74, 6) is 0.292. The molecule has 2 heteroatoms. The summed E-state index contributed by atoms with van der Waals surface area (Å²) < 4.78 is 0. The topological polar surface area (TPSA) is 29.1 Å². The van der Waals surface area contributed by atoms with Crippen LogP contribution in [-0.4, -0.2) is 12.5 Å². The fourth-order valence-electron chi connectivity index (χ4n) is 4.11. The molecule has 1 heterocycles. The number of rotatable bonds is 0. The third kappa shape index (κ3) is 1.81. The van der Waals surface area contributed by atoms with E-state index in [1.54, 1.807) is 0 Å². The largest absolute Gasteiger partial charge is 0.356 e. The van der Waals surface area contributed by atoms with Crippen molar-refractivity contribution in [1.82, 2.24) is 5.32 Å². The van der Waals surface area contributed by atoms with Crippen molar-refractivity contribution in [2.45, 2.75) is 59.8 Å². The maximum atomic E-state index is 12.6. The highest BCUT2D eigenvalue weighted by Crippen LogP contribution is 2.45. The van der Waals surface area contributed by atoms with Crippen molar-refractivity contribution in [1.29, 1.82) is 0 Å². The Balaban J connectivity index is 2.10. The van der Waals surface area contributed by atoms with Crippen molar-refractivity contribution in [3.05, 3.63) is 33.4 Å². The zero-order chi connectivity index (χ0) is 14.5. The zero-order valence-electron chi connectivity index (χ0n) is 13.2. The molecule has 0 radical (unpaired) electrons. The lowest BCUT2D eigenvalue weighted by Crippen LogP contribution is -2.40. The van der Waals surface area contributed by atoms with E-state index in [1.165, 1.54) is 39.8 Å². The average Bonchev–Trinajstić information content (AvgIpc) is 2.74. The number of hydrogen-bond acceptors (Lipinski definition) is 1. The van der Waals surface area contributed by atoms with E-state index in [2.05, 4.69) is 33.0 Å². The van der Waals surface area contributed by atoms with E-state index in [4.69, 9.17) is 0 Å². The van der Waals surface area contributed by atoms with Crippen LogP contribution in [0.2, 0.25) is 0 Å². The Labute approximate surface area is 122 Å². The molecule has 20 heavy (non-hydrogen) atoms. The molecule has 108 valence electrons. The van der Waals surface area contributed by atoms with Gasteiger partial charge in [-0.2, -0.15) is 0 Å². The minimum atomic E-state index is -0.158. The van der Waals surface area contributed by atoms with Crippen LogP contribution in [-0.2, 0) is 17.6 Å². The second-order valence-electron chi connectivity index (χ2n) is 6.80. The fraction of sp³-hybridized carbons (Fsp3) is 0.611. The molecule has 0 bridgehead atoms. The monoisotopic (exact) mass is 271 g/mol. The maximum Gasteiger partial charge on any atom is 0.226 e. The molecule has 2 aliphatic rings. The van der Waals surface area contributed by atoms with Gasteiger partial charge in [-0.15, -0.1) is 0 Å². The van der Waals surface area contributed by atoms with E-state index in [0.717, 1.165) is 32.2 Å². The molecule has 0 aromatic heterocycles. The Morgan fingerprint density at radius 2 is 1.40 bits per heavy atom. The molecule has 0 unspecified atom stereocenters. The van der Waals surface area contributed by atoms with Crippen molar-refractivity contribution in [3.63, 3.8) is 0 Å². The summed E-state index contributed by atoms with van der Waals surface area (Å²) in [6.45, 7) is 9.75. The predicted molar refractivity (Wildman–Crippen MR) is 82.1 cm³/mol. The minimum Gasteiger partial charge on any atom is -0.356 e. The van der Waals surface area contributed by atoms with Gasteiger partial charge in [-0.25, -0.2) is 0 Å². The van der Waals surface area contributed by atoms with Crippen LogP contribution in [0.3, 0.4) is 0 Å². The second kappa shape index (κ2) is 4.61. The highest BCUT2D eigenvalue weighted by molar-refractivity contribution is 5.85. The van der Waals surface area contributed by atoms with Gasteiger partial charge in [0.15, 0.2) is 0 Å². The Kier molecular flexibility index (Phi) is 3.15. The highest BCUT2D eigenvalue weighted by atomic mass is 16.2. The smallest absolute Gasteiger partial charge is 0.226 e. The van der Waals surface area contributed by atoms with Crippen molar-refractivity contribution in [2.75, 3.05) is 6.54 Å².